The quantitative estimate of drug-likeness (QED) is 0.117. The van der Waals surface area contributed by atoms with Gasteiger partial charge in [0, 0.05) is 26.1 Å². The zero-order valence-corrected chi connectivity index (χ0v) is 30.7. The molecule has 2 unspecified atom stereocenters. The van der Waals surface area contributed by atoms with E-state index in [1.807, 2.05) is 70.2 Å². The Labute approximate surface area is 298 Å². The molecule has 0 radical (unpaired) electrons. The first-order valence-electron chi connectivity index (χ1n) is 16.3. The summed E-state index contributed by atoms with van der Waals surface area (Å²) < 4.78 is 11.9. The van der Waals surface area contributed by atoms with Gasteiger partial charge in [0.25, 0.3) is 0 Å². The van der Waals surface area contributed by atoms with E-state index < -0.39 is 29.6 Å². The minimum absolute atomic E-state index is 0.0388. The number of hydrogen-bond acceptors (Lipinski definition) is 7. The summed E-state index contributed by atoms with van der Waals surface area (Å²) in [7, 11) is 0. The second kappa shape index (κ2) is 15.3. The molecule has 0 fully saturated rings. The molecule has 48 heavy (non-hydrogen) atoms. The molecule has 4 N–H and O–H groups in total. The molecule has 5 atom stereocenters. The normalized spacial score (nSPS) is 18.3. The monoisotopic (exact) mass is 788 g/mol. The van der Waals surface area contributed by atoms with Gasteiger partial charge in [0.15, 0.2) is 5.82 Å². The number of rotatable bonds is 12. The van der Waals surface area contributed by atoms with Crippen molar-refractivity contribution in [3.8, 4) is 0 Å². The van der Waals surface area contributed by atoms with Crippen LogP contribution in [0.25, 0.3) is 10.9 Å². The Morgan fingerprint density at radius 2 is 1.83 bits per heavy atom. The summed E-state index contributed by atoms with van der Waals surface area (Å²) >= 11 is 8.74. The first-order chi connectivity index (χ1) is 22.9. The predicted molar refractivity (Wildman–Crippen MR) is 191 cm³/mol. The number of hydrogen-bond donors (Lipinski definition) is 4. The van der Waals surface area contributed by atoms with Crippen molar-refractivity contribution in [2.75, 3.05) is 0 Å². The van der Waals surface area contributed by atoms with Crippen LogP contribution >= 0.6 is 34.2 Å². The van der Waals surface area contributed by atoms with Crippen LogP contribution in [0, 0.1) is 22.3 Å². The Kier molecular flexibility index (Phi) is 11.3. The number of alkyl carbamates (subject to hydrolysis) is 1. The van der Waals surface area contributed by atoms with Gasteiger partial charge >= 0.3 is 6.09 Å². The minimum Gasteiger partial charge on any atom is -0.445 e. The lowest BCUT2D eigenvalue weighted by Crippen LogP contribution is -2.65. The lowest BCUT2D eigenvalue weighted by Gasteiger charge is -2.39. The van der Waals surface area contributed by atoms with Crippen molar-refractivity contribution >= 4 is 63.0 Å². The third-order valence-corrected chi connectivity index (χ3v) is 10.5. The van der Waals surface area contributed by atoms with Gasteiger partial charge in [-0.1, -0.05) is 87.6 Å². The first-order valence-corrected chi connectivity index (χ1v) is 17.8. The molecule has 4 aromatic rings. The van der Waals surface area contributed by atoms with Crippen LogP contribution in [-0.2, 0) is 33.8 Å². The summed E-state index contributed by atoms with van der Waals surface area (Å²) in [6.07, 6.45) is 1.65. The van der Waals surface area contributed by atoms with Crippen molar-refractivity contribution in [2.24, 2.45) is 11.8 Å². The number of halogens is 2. The molecule has 3 amide bonds. The Bertz CT molecular complexity index is 1780. The van der Waals surface area contributed by atoms with Crippen molar-refractivity contribution in [1.29, 1.82) is 0 Å². The summed E-state index contributed by atoms with van der Waals surface area (Å²) in [4.78, 5) is 49.8. The maximum Gasteiger partial charge on any atom is 0.408 e. The highest BCUT2D eigenvalue weighted by molar-refractivity contribution is 14.1. The summed E-state index contributed by atoms with van der Waals surface area (Å²) in [6.45, 7) is 9.63. The van der Waals surface area contributed by atoms with Gasteiger partial charge in [-0.15, -0.1) is 0 Å². The summed E-state index contributed by atoms with van der Waals surface area (Å²) in [5, 5.41) is 14.5. The topological polar surface area (TPSA) is 151 Å². The minimum atomic E-state index is -1.37. The number of aromatic nitrogens is 3. The van der Waals surface area contributed by atoms with E-state index in [1.54, 1.807) is 6.92 Å². The number of fused-ring (bicyclic) bond motifs is 3. The van der Waals surface area contributed by atoms with Gasteiger partial charge < -0.3 is 30.2 Å². The van der Waals surface area contributed by atoms with Crippen LogP contribution in [-0.4, -0.2) is 44.6 Å². The van der Waals surface area contributed by atoms with Gasteiger partial charge in [-0.05, 0) is 77.5 Å². The van der Waals surface area contributed by atoms with Crippen molar-refractivity contribution in [3.63, 3.8) is 0 Å². The number of H-pyrrole nitrogens is 1. The molecule has 256 valence electrons. The van der Waals surface area contributed by atoms with E-state index in [0.717, 1.165) is 37.7 Å². The fourth-order valence-electron chi connectivity index (χ4n) is 6.14. The second-order valence-corrected chi connectivity index (χ2v) is 14.3. The van der Waals surface area contributed by atoms with E-state index in [1.165, 1.54) is 0 Å². The number of amides is 3. The van der Waals surface area contributed by atoms with Crippen LogP contribution < -0.4 is 16.0 Å². The fraction of sp³-hybridized carbons (Fsp3) is 0.457. The number of carbonyl (C=O) groups is 3. The van der Waals surface area contributed by atoms with Crippen LogP contribution in [0.5, 0.6) is 0 Å². The van der Waals surface area contributed by atoms with E-state index in [0.29, 0.717) is 36.0 Å². The van der Waals surface area contributed by atoms with Gasteiger partial charge in [-0.3, -0.25) is 9.59 Å². The molecule has 2 aromatic heterocycles. The van der Waals surface area contributed by atoms with E-state index in [4.69, 9.17) is 20.9 Å². The van der Waals surface area contributed by atoms with E-state index >= 15 is 0 Å². The number of nitrogens with zero attached hydrogens (tertiary/aromatic N) is 2. The van der Waals surface area contributed by atoms with Crippen molar-refractivity contribution in [3.05, 3.63) is 79.6 Å². The van der Waals surface area contributed by atoms with Gasteiger partial charge in [-0.2, -0.15) is 4.98 Å². The molecule has 0 aliphatic heterocycles. The zero-order chi connectivity index (χ0) is 34.6. The predicted octanol–water partition coefficient (Wildman–Crippen LogP) is 6.71. The SMILES string of the molecule is CCC(C)[C@H](NC(=O)OCc1ccccc1)C(=O)N[C@]1(C(=O)N[C@H](c2nc(C)no2)C(C)CC)CCc2[nH]c3c(I)cc(Cl)cc3c2C1. The molecule has 2 aromatic carbocycles. The zero-order valence-electron chi connectivity index (χ0n) is 27.8. The Hall–Kier alpha value is -3.65. The molecular formula is C35H42ClIN6O5. The average Bonchev–Trinajstić information content (AvgIpc) is 3.67. The van der Waals surface area contributed by atoms with Crippen molar-refractivity contribution in [2.45, 2.75) is 91.0 Å². The van der Waals surface area contributed by atoms with Gasteiger partial charge in [0.2, 0.25) is 17.7 Å². The molecule has 2 heterocycles. The van der Waals surface area contributed by atoms with Crippen LogP contribution in [0.1, 0.15) is 81.5 Å². The molecule has 5 rings (SSSR count). The molecular weight excluding hydrogens is 747 g/mol. The smallest absolute Gasteiger partial charge is 0.408 e. The number of nitrogens with one attached hydrogen (secondary N) is 4. The van der Waals surface area contributed by atoms with Crippen LogP contribution in [0.15, 0.2) is 47.0 Å². The van der Waals surface area contributed by atoms with Crippen LogP contribution in [0.2, 0.25) is 5.02 Å². The summed E-state index contributed by atoms with van der Waals surface area (Å²) in [6, 6.07) is 11.6. The highest BCUT2D eigenvalue weighted by Crippen LogP contribution is 2.38. The van der Waals surface area contributed by atoms with Gasteiger partial charge in [-0.25, -0.2) is 4.79 Å². The number of ether oxygens (including phenoxy) is 1. The maximum atomic E-state index is 14.6. The number of aromatic amines is 1. The molecule has 1 aliphatic carbocycles. The van der Waals surface area contributed by atoms with E-state index in [9.17, 15) is 14.4 Å². The van der Waals surface area contributed by atoms with E-state index in [2.05, 4.69) is 53.7 Å². The Balaban J connectivity index is 1.47. The van der Waals surface area contributed by atoms with E-state index in [-0.39, 0.29) is 30.8 Å². The highest BCUT2D eigenvalue weighted by Gasteiger charge is 2.47. The van der Waals surface area contributed by atoms with Crippen molar-refractivity contribution < 1.29 is 23.6 Å². The third-order valence-electron chi connectivity index (χ3n) is 9.39. The first kappa shape index (κ1) is 35.7. The fourth-order valence-corrected chi connectivity index (χ4v) is 7.30. The van der Waals surface area contributed by atoms with Gasteiger partial charge in [0.1, 0.15) is 24.2 Å². The van der Waals surface area contributed by atoms with Crippen molar-refractivity contribution in [1.82, 2.24) is 31.1 Å². The molecule has 0 saturated carbocycles. The highest BCUT2D eigenvalue weighted by atomic mass is 127. The Morgan fingerprint density at radius 3 is 2.50 bits per heavy atom. The third kappa shape index (κ3) is 7.80. The Morgan fingerprint density at radius 1 is 1.10 bits per heavy atom. The standard InChI is InChI=1S/C35H42ClIN6O5/c1-6-19(3)28(41-34(46)47-18-22-11-9-8-10-12-22)31(44)42-35(33(45)40-29(20(4)7-2)32-38-21(5)43-48-32)14-13-27-25(17-35)24-15-23(36)16-26(37)30(24)39-27/h8-12,15-16,19-20,28-29,39H,6-7,13-14,17-18H2,1-5H3,(H,40,45)(H,41,46)(H,42,44)/t19?,20?,28-,29-,35+/m0/s1. The molecule has 0 saturated heterocycles. The lowest BCUT2D eigenvalue weighted by molar-refractivity contribution is -0.136. The maximum absolute atomic E-state index is 14.6. The lowest BCUT2D eigenvalue weighted by atomic mass is 9.78. The number of carbonyl (C=O) groups excluding carboxylic acids is 3. The largest absolute Gasteiger partial charge is 0.445 e. The molecule has 0 bridgehead atoms. The van der Waals surface area contributed by atoms with Crippen LogP contribution in [0.3, 0.4) is 0 Å². The second-order valence-electron chi connectivity index (χ2n) is 12.7. The van der Waals surface area contributed by atoms with Crippen LogP contribution in [0.4, 0.5) is 4.79 Å². The molecule has 0 spiro atoms. The average molecular weight is 789 g/mol. The molecule has 13 heteroatoms. The van der Waals surface area contributed by atoms with Gasteiger partial charge in [0.05, 0.1) is 5.52 Å². The molecule has 1 aliphatic rings. The number of benzene rings is 2. The summed E-state index contributed by atoms with van der Waals surface area (Å²) in [5.74, 6) is -0.366. The number of aryl methyl sites for hydroxylation is 2. The summed E-state index contributed by atoms with van der Waals surface area (Å²) in [5.41, 5.74) is 2.30. The molecule has 11 nitrogen and oxygen atoms in total.